The normalized spacial score (nSPS) is 16.2. The largest absolute Gasteiger partial charge is 0.355 e. The van der Waals surface area contributed by atoms with Gasteiger partial charge in [0, 0.05) is 38.3 Å². The van der Waals surface area contributed by atoms with Crippen LogP contribution in [0.3, 0.4) is 0 Å². The Hall–Kier alpha value is -4.32. The second-order valence-corrected chi connectivity index (χ2v) is 14.0. The Kier molecular flexibility index (Phi) is 17.0. The number of H-pyrrole nitrogens is 1. The minimum absolute atomic E-state index is 0.0238. The molecule has 1 heterocycles. The lowest BCUT2D eigenvalue weighted by Crippen LogP contribution is -2.59. The van der Waals surface area contributed by atoms with Gasteiger partial charge in [0.25, 0.3) is 5.91 Å². The Morgan fingerprint density at radius 1 is 0.843 bits per heavy atom. The van der Waals surface area contributed by atoms with Crippen molar-refractivity contribution in [1.29, 1.82) is 0 Å². The molecule has 1 saturated carbocycles. The van der Waals surface area contributed by atoms with Gasteiger partial charge in [0.2, 0.25) is 23.6 Å². The highest BCUT2D eigenvalue weighted by Gasteiger charge is 2.37. The van der Waals surface area contributed by atoms with E-state index in [1.165, 1.54) is 4.90 Å². The molecular formula is C39H60N7O5+. The number of nitrogens with one attached hydrogen (secondary N) is 6. The highest BCUT2D eigenvalue weighted by atomic mass is 16.2. The van der Waals surface area contributed by atoms with Crippen LogP contribution in [0.2, 0.25) is 0 Å². The Bertz CT molecular complexity index is 1400. The summed E-state index contributed by atoms with van der Waals surface area (Å²) in [7, 11) is 1.65. The van der Waals surface area contributed by atoms with Crippen LogP contribution in [0.1, 0.15) is 95.5 Å². The highest BCUT2D eigenvalue weighted by molar-refractivity contribution is 5.98. The zero-order valence-corrected chi connectivity index (χ0v) is 31.3. The first-order chi connectivity index (χ1) is 24.5. The summed E-state index contributed by atoms with van der Waals surface area (Å²) < 4.78 is 0. The minimum Gasteiger partial charge on any atom is -0.355 e. The van der Waals surface area contributed by atoms with Crippen LogP contribution in [0.15, 0.2) is 54.9 Å². The van der Waals surface area contributed by atoms with Gasteiger partial charge in [-0.15, -0.1) is 0 Å². The molecule has 1 aliphatic carbocycles. The van der Waals surface area contributed by atoms with Crippen molar-refractivity contribution in [2.75, 3.05) is 20.1 Å². The van der Waals surface area contributed by atoms with E-state index in [1.54, 1.807) is 38.5 Å². The predicted molar refractivity (Wildman–Crippen MR) is 197 cm³/mol. The average Bonchev–Trinajstić information content (AvgIpc) is 3.14. The SMILES string of the molecule is CCC[C@@H](C(=O)NC(CN[C@@H](C)C(=O)NC(C(=O)NCC)C(C)C)Cc1ccccc1)N(C)C(=O)C(NC(=O)c1cc[nH+]cc1)C1CCCCC1. The van der Waals surface area contributed by atoms with E-state index in [-0.39, 0.29) is 47.9 Å². The molecule has 3 unspecified atom stereocenters. The molecule has 0 bridgehead atoms. The van der Waals surface area contributed by atoms with Gasteiger partial charge >= 0.3 is 0 Å². The molecule has 1 aromatic carbocycles. The first-order valence-electron chi connectivity index (χ1n) is 18.7. The number of nitrogens with zero attached hydrogens (tertiary/aromatic N) is 1. The number of aromatic amines is 1. The monoisotopic (exact) mass is 706 g/mol. The molecule has 0 aliphatic heterocycles. The summed E-state index contributed by atoms with van der Waals surface area (Å²) in [5.41, 5.74) is 1.46. The fourth-order valence-electron chi connectivity index (χ4n) is 6.64. The molecule has 5 amide bonds. The van der Waals surface area contributed by atoms with E-state index >= 15 is 0 Å². The summed E-state index contributed by atoms with van der Waals surface area (Å²) in [6, 6.07) is 9.86. The molecule has 1 aliphatic rings. The molecule has 0 spiro atoms. The number of carbonyl (C=O) groups is 5. The van der Waals surface area contributed by atoms with E-state index in [0.29, 0.717) is 31.4 Å². The third-order valence-corrected chi connectivity index (χ3v) is 9.67. The van der Waals surface area contributed by atoms with Crippen LogP contribution in [-0.4, -0.2) is 84.8 Å². The molecule has 12 heteroatoms. The lowest BCUT2D eigenvalue weighted by Gasteiger charge is -2.36. The highest BCUT2D eigenvalue weighted by Crippen LogP contribution is 2.28. The number of pyridine rings is 1. The number of hydrogen-bond donors (Lipinski definition) is 5. The minimum atomic E-state index is -0.764. The maximum atomic E-state index is 14.3. The smallest absolute Gasteiger partial charge is 0.252 e. The van der Waals surface area contributed by atoms with Crippen LogP contribution in [0.4, 0.5) is 0 Å². The molecule has 0 saturated heterocycles. The Balaban J connectivity index is 1.77. The molecule has 6 N–H and O–H groups in total. The van der Waals surface area contributed by atoms with E-state index in [9.17, 15) is 24.0 Å². The molecule has 3 rings (SSSR count). The predicted octanol–water partition coefficient (Wildman–Crippen LogP) is 2.79. The van der Waals surface area contributed by atoms with Crippen LogP contribution < -0.4 is 31.6 Å². The topological polar surface area (TPSA) is 163 Å². The summed E-state index contributed by atoms with van der Waals surface area (Å²) in [5, 5.41) is 15.1. The summed E-state index contributed by atoms with van der Waals surface area (Å²) in [4.78, 5) is 71.8. The second kappa shape index (κ2) is 21.1. The molecular weight excluding hydrogens is 646 g/mol. The molecule has 2 aromatic rings. The first kappa shape index (κ1) is 41.1. The van der Waals surface area contributed by atoms with Gasteiger partial charge < -0.3 is 31.5 Å². The summed E-state index contributed by atoms with van der Waals surface area (Å²) in [6.45, 7) is 10.0. The van der Waals surface area contributed by atoms with E-state index in [1.807, 2.05) is 58.0 Å². The van der Waals surface area contributed by atoms with Crippen LogP contribution >= 0.6 is 0 Å². The van der Waals surface area contributed by atoms with Gasteiger partial charge in [-0.3, -0.25) is 24.0 Å². The maximum Gasteiger partial charge on any atom is 0.252 e. The van der Waals surface area contributed by atoms with Crippen molar-refractivity contribution in [3.8, 4) is 0 Å². The lowest BCUT2D eigenvalue weighted by atomic mass is 9.83. The van der Waals surface area contributed by atoms with Gasteiger partial charge in [0.05, 0.1) is 11.6 Å². The number of benzene rings is 1. The zero-order valence-electron chi connectivity index (χ0n) is 31.3. The van der Waals surface area contributed by atoms with Crippen molar-refractivity contribution in [3.63, 3.8) is 0 Å². The fourth-order valence-corrected chi connectivity index (χ4v) is 6.64. The summed E-state index contributed by atoms with van der Waals surface area (Å²) >= 11 is 0. The molecule has 5 atom stereocenters. The molecule has 1 fully saturated rings. The van der Waals surface area contributed by atoms with E-state index in [0.717, 1.165) is 37.7 Å². The number of rotatable bonds is 19. The van der Waals surface area contributed by atoms with Crippen molar-refractivity contribution in [2.45, 2.75) is 116 Å². The van der Waals surface area contributed by atoms with Crippen molar-refractivity contribution in [1.82, 2.24) is 31.5 Å². The number of hydrogen-bond acceptors (Lipinski definition) is 6. The van der Waals surface area contributed by atoms with Gasteiger partial charge in [-0.2, -0.15) is 0 Å². The van der Waals surface area contributed by atoms with Crippen LogP contribution in [0.25, 0.3) is 0 Å². The van der Waals surface area contributed by atoms with Gasteiger partial charge in [0.1, 0.15) is 18.1 Å². The lowest BCUT2D eigenvalue weighted by molar-refractivity contribution is -0.378. The molecule has 0 radical (unpaired) electrons. The third-order valence-electron chi connectivity index (χ3n) is 9.67. The third kappa shape index (κ3) is 12.7. The Labute approximate surface area is 303 Å². The van der Waals surface area contributed by atoms with Crippen LogP contribution in [0, 0.1) is 11.8 Å². The fraction of sp³-hybridized carbons (Fsp3) is 0.590. The summed E-state index contributed by atoms with van der Waals surface area (Å²) in [6.07, 6.45) is 9.67. The van der Waals surface area contributed by atoms with Crippen LogP contribution in [0.5, 0.6) is 0 Å². The first-order valence-corrected chi connectivity index (χ1v) is 18.7. The van der Waals surface area contributed by atoms with Gasteiger partial charge in [-0.25, -0.2) is 4.98 Å². The van der Waals surface area contributed by atoms with E-state index < -0.39 is 30.2 Å². The van der Waals surface area contributed by atoms with Crippen molar-refractivity contribution in [2.24, 2.45) is 11.8 Å². The standard InChI is InChI=1S/C39H59N7O5/c1-7-15-32(46(6)39(51)34(29-18-13-10-14-19-29)45-36(48)30-20-22-40-23-21-30)37(49)43-31(24-28-16-11-9-12-17-28)25-42-27(5)35(47)44-33(26(3)4)38(50)41-8-2/h9,11-12,16-17,20-23,26-27,29,31-34,42H,7-8,10,13-15,18-19,24-25H2,1-6H3,(H,41,50)(H,43,49)(H,44,47)(H,45,48)/p+1/t27-,31?,32-,33?,34?/m0/s1. The zero-order chi connectivity index (χ0) is 37.3. The molecule has 280 valence electrons. The number of amides is 5. The van der Waals surface area contributed by atoms with Gasteiger partial charge in [-0.05, 0) is 56.9 Å². The number of likely N-dealkylation sites (N-methyl/N-ethyl adjacent to an activating group) is 2. The van der Waals surface area contributed by atoms with Gasteiger partial charge in [-0.1, -0.05) is 76.8 Å². The molecule has 1 aromatic heterocycles. The molecule has 12 nitrogen and oxygen atoms in total. The number of aromatic nitrogens is 1. The van der Waals surface area contributed by atoms with E-state index in [4.69, 9.17) is 0 Å². The van der Waals surface area contributed by atoms with Crippen molar-refractivity contribution in [3.05, 3.63) is 66.0 Å². The quantitative estimate of drug-likeness (QED) is 0.151. The van der Waals surface area contributed by atoms with Crippen molar-refractivity contribution < 1.29 is 29.0 Å². The maximum absolute atomic E-state index is 14.3. The van der Waals surface area contributed by atoms with E-state index in [2.05, 4.69) is 31.6 Å². The number of carbonyl (C=O) groups excluding carboxylic acids is 5. The summed E-state index contributed by atoms with van der Waals surface area (Å²) in [5.74, 6) is -1.57. The van der Waals surface area contributed by atoms with Crippen LogP contribution in [-0.2, 0) is 25.6 Å². The average molecular weight is 707 g/mol. The Morgan fingerprint density at radius 2 is 1.51 bits per heavy atom. The van der Waals surface area contributed by atoms with Gasteiger partial charge in [0.15, 0.2) is 12.4 Å². The molecule has 51 heavy (non-hydrogen) atoms. The van der Waals surface area contributed by atoms with Crippen molar-refractivity contribution >= 4 is 29.5 Å². The Morgan fingerprint density at radius 3 is 2.12 bits per heavy atom. The second-order valence-electron chi connectivity index (χ2n) is 14.0.